The third kappa shape index (κ3) is 3.52. The second-order valence-electron chi connectivity index (χ2n) is 5.01. The third-order valence-electron chi connectivity index (χ3n) is 3.05. The summed E-state index contributed by atoms with van der Waals surface area (Å²) in [5.41, 5.74) is 1.78. The van der Waals surface area contributed by atoms with Crippen LogP contribution in [0.4, 0.5) is 11.6 Å². The molecule has 114 valence electrons. The Balaban J connectivity index is 2.07. The highest BCUT2D eigenvalue weighted by Crippen LogP contribution is 2.14. The standard InChI is InChI=1S/C13H19N5O2S/c1-17(2)13-16-9-11(18(13)3)8-14-10-5-6-12(15-7-10)21(4,19)20/h5-7,9,14H,8H2,1-4H3. The van der Waals surface area contributed by atoms with Crippen molar-refractivity contribution in [2.75, 3.05) is 30.6 Å². The summed E-state index contributed by atoms with van der Waals surface area (Å²) in [7, 11) is 2.57. The molecule has 2 heterocycles. The molecule has 7 nitrogen and oxygen atoms in total. The van der Waals surface area contributed by atoms with Crippen LogP contribution in [-0.4, -0.2) is 43.3 Å². The smallest absolute Gasteiger partial charge is 0.204 e. The van der Waals surface area contributed by atoms with E-state index in [-0.39, 0.29) is 5.03 Å². The molecule has 21 heavy (non-hydrogen) atoms. The van der Waals surface area contributed by atoms with E-state index in [1.807, 2.05) is 30.6 Å². The predicted octanol–water partition coefficient (Wildman–Crippen LogP) is 0.897. The number of pyridine rings is 1. The molecular weight excluding hydrogens is 290 g/mol. The van der Waals surface area contributed by atoms with Crippen molar-refractivity contribution in [1.29, 1.82) is 0 Å². The van der Waals surface area contributed by atoms with Crippen molar-refractivity contribution in [3.8, 4) is 0 Å². The molecule has 2 aromatic rings. The lowest BCUT2D eigenvalue weighted by atomic mass is 10.4. The topological polar surface area (TPSA) is 80.1 Å². The molecule has 0 saturated carbocycles. The molecule has 0 saturated heterocycles. The zero-order valence-corrected chi connectivity index (χ0v) is 13.3. The molecule has 0 amide bonds. The van der Waals surface area contributed by atoms with E-state index in [0.29, 0.717) is 6.54 Å². The second kappa shape index (κ2) is 5.72. The van der Waals surface area contributed by atoms with Crippen LogP contribution in [0.1, 0.15) is 5.69 Å². The molecule has 0 aliphatic rings. The Labute approximate surface area is 124 Å². The summed E-state index contributed by atoms with van der Waals surface area (Å²) in [5.74, 6) is 0.873. The Kier molecular flexibility index (Phi) is 4.17. The molecule has 0 radical (unpaired) electrons. The van der Waals surface area contributed by atoms with Crippen molar-refractivity contribution >= 4 is 21.5 Å². The highest BCUT2D eigenvalue weighted by molar-refractivity contribution is 7.90. The number of nitrogens with zero attached hydrogens (tertiary/aromatic N) is 4. The first kappa shape index (κ1) is 15.3. The molecule has 2 rings (SSSR count). The number of anilines is 2. The molecule has 0 unspecified atom stereocenters. The predicted molar refractivity (Wildman–Crippen MR) is 82.2 cm³/mol. The van der Waals surface area contributed by atoms with Gasteiger partial charge in [0.15, 0.2) is 14.9 Å². The van der Waals surface area contributed by atoms with Gasteiger partial charge in [0.25, 0.3) is 0 Å². The number of nitrogens with one attached hydrogen (secondary N) is 1. The van der Waals surface area contributed by atoms with E-state index in [4.69, 9.17) is 0 Å². The highest BCUT2D eigenvalue weighted by Gasteiger charge is 2.09. The molecule has 0 bridgehead atoms. The minimum Gasteiger partial charge on any atom is -0.378 e. The average molecular weight is 309 g/mol. The van der Waals surface area contributed by atoms with Gasteiger partial charge < -0.3 is 14.8 Å². The number of hydrogen-bond acceptors (Lipinski definition) is 6. The molecule has 0 aliphatic heterocycles. The summed E-state index contributed by atoms with van der Waals surface area (Å²) < 4.78 is 24.7. The Morgan fingerprint density at radius 2 is 1.95 bits per heavy atom. The van der Waals surface area contributed by atoms with Gasteiger partial charge in [0.1, 0.15) is 0 Å². The number of sulfone groups is 1. The summed E-state index contributed by atoms with van der Waals surface area (Å²) in [4.78, 5) is 10.2. The lowest BCUT2D eigenvalue weighted by molar-refractivity contribution is 0.598. The van der Waals surface area contributed by atoms with Crippen LogP contribution in [0.15, 0.2) is 29.6 Å². The number of aromatic nitrogens is 3. The maximum atomic E-state index is 11.3. The van der Waals surface area contributed by atoms with E-state index in [0.717, 1.165) is 23.6 Å². The first-order valence-electron chi connectivity index (χ1n) is 6.37. The van der Waals surface area contributed by atoms with Gasteiger partial charge in [-0.25, -0.2) is 18.4 Å². The van der Waals surface area contributed by atoms with Gasteiger partial charge in [-0.05, 0) is 12.1 Å². The normalized spacial score (nSPS) is 11.4. The van der Waals surface area contributed by atoms with Gasteiger partial charge in [-0.3, -0.25) is 0 Å². The van der Waals surface area contributed by atoms with Gasteiger partial charge in [-0.2, -0.15) is 0 Å². The van der Waals surface area contributed by atoms with E-state index in [1.54, 1.807) is 12.3 Å². The Morgan fingerprint density at radius 1 is 1.24 bits per heavy atom. The number of hydrogen-bond donors (Lipinski definition) is 1. The van der Waals surface area contributed by atoms with Crippen molar-refractivity contribution in [2.24, 2.45) is 7.05 Å². The van der Waals surface area contributed by atoms with Gasteiger partial charge in [0, 0.05) is 27.4 Å². The van der Waals surface area contributed by atoms with Crippen LogP contribution in [-0.2, 0) is 23.4 Å². The second-order valence-corrected chi connectivity index (χ2v) is 6.98. The largest absolute Gasteiger partial charge is 0.378 e. The molecule has 2 aromatic heterocycles. The van der Waals surface area contributed by atoms with Crippen LogP contribution in [0.5, 0.6) is 0 Å². The Bertz CT molecular complexity index is 720. The number of rotatable bonds is 5. The molecule has 0 aromatic carbocycles. The zero-order valence-electron chi connectivity index (χ0n) is 12.5. The number of imidazole rings is 1. The van der Waals surface area contributed by atoms with Crippen LogP contribution in [0, 0.1) is 0 Å². The maximum absolute atomic E-state index is 11.3. The fourth-order valence-electron chi connectivity index (χ4n) is 1.91. The average Bonchev–Trinajstić information content (AvgIpc) is 2.77. The van der Waals surface area contributed by atoms with Crippen LogP contribution >= 0.6 is 0 Å². The van der Waals surface area contributed by atoms with E-state index < -0.39 is 9.84 Å². The summed E-state index contributed by atoms with van der Waals surface area (Å²) in [5, 5.41) is 3.27. The van der Waals surface area contributed by atoms with Crippen LogP contribution < -0.4 is 10.2 Å². The summed E-state index contributed by atoms with van der Waals surface area (Å²) >= 11 is 0. The SMILES string of the molecule is CN(C)c1ncc(CNc2ccc(S(C)(=O)=O)nc2)n1C. The van der Waals surface area contributed by atoms with Crippen molar-refractivity contribution in [3.63, 3.8) is 0 Å². The van der Waals surface area contributed by atoms with Gasteiger partial charge >= 0.3 is 0 Å². The minimum atomic E-state index is -3.26. The van der Waals surface area contributed by atoms with Crippen LogP contribution in [0.2, 0.25) is 0 Å². The van der Waals surface area contributed by atoms with Gasteiger partial charge in [-0.1, -0.05) is 0 Å². The molecule has 1 N–H and O–H groups in total. The summed E-state index contributed by atoms with van der Waals surface area (Å²) in [6.07, 6.45) is 4.46. The first-order chi connectivity index (χ1) is 9.79. The van der Waals surface area contributed by atoms with E-state index in [1.165, 1.54) is 12.3 Å². The highest BCUT2D eigenvalue weighted by atomic mass is 32.2. The van der Waals surface area contributed by atoms with Gasteiger partial charge in [0.2, 0.25) is 5.95 Å². The maximum Gasteiger partial charge on any atom is 0.204 e. The fourth-order valence-corrected chi connectivity index (χ4v) is 2.47. The molecule has 8 heteroatoms. The fraction of sp³-hybridized carbons (Fsp3) is 0.385. The minimum absolute atomic E-state index is 0.0727. The van der Waals surface area contributed by atoms with E-state index >= 15 is 0 Å². The van der Waals surface area contributed by atoms with Crippen LogP contribution in [0.3, 0.4) is 0 Å². The van der Waals surface area contributed by atoms with E-state index in [2.05, 4.69) is 15.3 Å². The lowest BCUT2D eigenvalue weighted by Gasteiger charge is -2.13. The molecule has 0 aliphatic carbocycles. The van der Waals surface area contributed by atoms with Crippen molar-refractivity contribution < 1.29 is 8.42 Å². The lowest BCUT2D eigenvalue weighted by Crippen LogP contribution is -2.15. The van der Waals surface area contributed by atoms with Crippen LogP contribution in [0.25, 0.3) is 0 Å². The Morgan fingerprint density at radius 3 is 2.43 bits per heavy atom. The molecule has 0 spiro atoms. The third-order valence-corrected chi connectivity index (χ3v) is 4.05. The Hall–Kier alpha value is -2.09. The van der Waals surface area contributed by atoms with Gasteiger partial charge in [-0.15, -0.1) is 0 Å². The van der Waals surface area contributed by atoms with Gasteiger partial charge in [0.05, 0.1) is 30.3 Å². The van der Waals surface area contributed by atoms with E-state index in [9.17, 15) is 8.42 Å². The first-order valence-corrected chi connectivity index (χ1v) is 8.26. The quantitative estimate of drug-likeness (QED) is 0.884. The molecule has 0 atom stereocenters. The van der Waals surface area contributed by atoms with Crippen molar-refractivity contribution in [2.45, 2.75) is 11.6 Å². The van der Waals surface area contributed by atoms with Crippen molar-refractivity contribution in [3.05, 3.63) is 30.2 Å². The monoisotopic (exact) mass is 309 g/mol. The summed E-state index contributed by atoms with van der Waals surface area (Å²) in [6.45, 7) is 0.581. The van der Waals surface area contributed by atoms with Crippen molar-refractivity contribution in [1.82, 2.24) is 14.5 Å². The molecule has 0 fully saturated rings. The zero-order chi connectivity index (χ0) is 15.6. The summed E-state index contributed by atoms with van der Waals surface area (Å²) in [6, 6.07) is 3.19. The molecular formula is C13H19N5O2S.